The summed E-state index contributed by atoms with van der Waals surface area (Å²) < 4.78 is 43.6. The zero-order valence-corrected chi connectivity index (χ0v) is 17.8. The van der Waals surface area contributed by atoms with E-state index in [-0.39, 0.29) is 23.4 Å². The highest BCUT2D eigenvalue weighted by atomic mass is 16.7. The molecule has 2 spiro atoms. The molecular formula is C22H32O8. The predicted octanol–water partition coefficient (Wildman–Crippen LogP) is 2.88. The monoisotopic (exact) mass is 424 g/mol. The van der Waals surface area contributed by atoms with Crippen LogP contribution in [0, 0.1) is 10.8 Å². The Morgan fingerprint density at radius 1 is 0.600 bits per heavy atom. The van der Waals surface area contributed by atoms with E-state index in [1.165, 1.54) is 0 Å². The lowest BCUT2D eigenvalue weighted by Gasteiger charge is -2.42. The molecule has 0 bridgehead atoms. The third kappa shape index (κ3) is 5.57. The molecule has 0 amide bonds. The average molecular weight is 424 g/mol. The van der Waals surface area contributed by atoms with Crippen LogP contribution < -0.4 is 0 Å². The van der Waals surface area contributed by atoms with E-state index in [0.717, 1.165) is 0 Å². The van der Waals surface area contributed by atoms with Crippen molar-refractivity contribution < 1.29 is 37.9 Å². The minimum atomic E-state index is -0.298. The standard InChI is InChI=1S/2C11H16O4/c2*1-3-9-12-5-11(6-13-9)7-14-10(4-2)15-8-11/h3-4H,5-8H2,1-2H3;3-4,9-10H,1-2,5-8H2. The Labute approximate surface area is 178 Å². The molecule has 4 fully saturated rings. The van der Waals surface area contributed by atoms with Crippen molar-refractivity contribution in [2.24, 2.45) is 10.8 Å². The van der Waals surface area contributed by atoms with Gasteiger partial charge in [0, 0.05) is 0 Å². The van der Waals surface area contributed by atoms with E-state index in [1.54, 1.807) is 12.2 Å². The molecule has 4 aliphatic rings. The minimum absolute atomic E-state index is 0.154. The average Bonchev–Trinajstić information content (AvgIpc) is 2.82. The lowest BCUT2D eigenvalue weighted by Crippen LogP contribution is -2.51. The summed E-state index contributed by atoms with van der Waals surface area (Å²) in [7, 11) is 0. The molecule has 0 atom stereocenters. The maximum Gasteiger partial charge on any atom is 0.274 e. The van der Waals surface area contributed by atoms with Gasteiger partial charge in [-0.05, 0) is 38.2 Å². The predicted molar refractivity (Wildman–Crippen MR) is 108 cm³/mol. The zero-order valence-electron chi connectivity index (χ0n) is 17.8. The number of hydrogen-bond donors (Lipinski definition) is 0. The van der Waals surface area contributed by atoms with Crippen LogP contribution in [0.4, 0.5) is 0 Å². The van der Waals surface area contributed by atoms with Gasteiger partial charge in [0.15, 0.2) is 12.6 Å². The van der Waals surface area contributed by atoms with E-state index in [4.69, 9.17) is 37.9 Å². The van der Waals surface area contributed by atoms with Crippen LogP contribution in [0.25, 0.3) is 0 Å². The summed E-state index contributed by atoms with van der Waals surface area (Å²) in [6.45, 7) is 15.7. The van der Waals surface area contributed by atoms with E-state index >= 15 is 0 Å². The fourth-order valence-corrected chi connectivity index (χ4v) is 3.22. The molecule has 0 N–H and O–H groups in total. The highest BCUT2D eigenvalue weighted by molar-refractivity contribution is 4.95. The second kappa shape index (κ2) is 10.3. The molecule has 0 aromatic carbocycles. The Morgan fingerprint density at radius 2 is 0.900 bits per heavy atom. The Morgan fingerprint density at radius 3 is 1.17 bits per heavy atom. The summed E-state index contributed by atoms with van der Waals surface area (Å²) in [5.41, 5.74) is -0.321. The van der Waals surface area contributed by atoms with Crippen molar-refractivity contribution in [1.82, 2.24) is 0 Å². The van der Waals surface area contributed by atoms with Crippen molar-refractivity contribution in [2.45, 2.75) is 26.4 Å². The molecule has 4 heterocycles. The van der Waals surface area contributed by atoms with E-state index < -0.39 is 0 Å². The van der Waals surface area contributed by atoms with Crippen LogP contribution in [-0.4, -0.2) is 65.4 Å². The molecule has 4 saturated heterocycles. The smallest absolute Gasteiger partial charge is 0.274 e. The van der Waals surface area contributed by atoms with Crippen molar-refractivity contribution in [2.75, 3.05) is 52.9 Å². The quantitative estimate of drug-likeness (QED) is 0.627. The van der Waals surface area contributed by atoms with E-state index in [1.807, 2.05) is 26.0 Å². The number of rotatable bonds is 2. The van der Waals surface area contributed by atoms with Crippen molar-refractivity contribution in [1.29, 1.82) is 0 Å². The molecule has 0 aromatic rings. The highest BCUT2D eigenvalue weighted by Crippen LogP contribution is 2.32. The number of hydrogen-bond acceptors (Lipinski definition) is 8. The molecule has 4 rings (SSSR count). The summed E-state index contributed by atoms with van der Waals surface area (Å²) in [6, 6.07) is 0. The molecule has 30 heavy (non-hydrogen) atoms. The van der Waals surface area contributed by atoms with Gasteiger partial charge in [-0.15, -0.1) is 0 Å². The molecule has 0 unspecified atom stereocenters. The van der Waals surface area contributed by atoms with Crippen molar-refractivity contribution in [3.8, 4) is 0 Å². The topological polar surface area (TPSA) is 73.8 Å². The Balaban J connectivity index is 0.000000171. The first-order chi connectivity index (χ1) is 14.6. The third-order valence-electron chi connectivity index (χ3n) is 5.15. The molecule has 8 heteroatoms. The Bertz CT molecular complexity index is 557. The number of allylic oxidation sites excluding steroid dienone is 2. The van der Waals surface area contributed by atoms with Crippen LogP contribution in [0.2, 0.25) is 0 Å². The summed E-state index contributed by atoms with van der Waals surface area (Å²) in [5, 5.41) is 0. The Kier molecular flexibility index (Phi) is 7.82. The van der Waals surface area contributed by atoms with Gasteiger partial charge < -0.3 is 37.9 Å². The van der Waals surface area contributed by atoms with Gasteiger partial charge >= 0.3 is 0 Å². The van der Waals surface area contributed by atoms with Crippen molar-refractivity contribution in [3.05, 3.63) is 49.4 Å². The normalized spacial score (nSPS) is 35.5. The minimum Gasteiger partial charge on any atom is -0.465 e. The molecule has 168 valence electrons. The first kappa shape index (κ1) is 22.7. The second-order valence-corrected chi connectivity index (χ2v) is 7.82. The van der Waals surface area contributed by atoms with E-state index in [0.29, 0.717) is 64.7 Å². The van der Waals surface area contributed by atoms with Gasteiger partial charge in [0.2, 0.25) is 0 Å². The Hall–Kier alpha value is -2.00. The molecule has 4 aliphatic heterocycles. The van der Waals surface area contributed by atoms with Crippen LogP contribution in [0.15, 0.2) is 49.4 Å². The molecular weight excluding hydrogens is 392 g/mol. The van der Waals surface area contributed by atoms with Gasteiger partial charge in [0.25, 0.3) is 11.9 Å². The lowest BCUT2D eigenvalue weighted by atomic mass is 9.91. The molecule has 0 aromatic heterocycles. The summed E-state index contributed by atoms with van der Waals surface area (Å²) in [6.07, 6.45) is 6.32. The summed E-state index contributed by atoms with van der Waals surface area (Å²) >= 11 is 0. The molecule has 0 radical (unpaired) electrons. The maximum atomic E-state index is 5.46. The first-order valence-corrected chi connectivity index (χ1v) is 10.1. The lowest BCUT2D eigenvalue weighted by molar-refractivity contribution is -0.282. The number of ether oxygens (including phenoxy) is 8. The highest BCUT2D eigenvalue weighted by Gasteiger charge is 2.42. The van der Waals surface area contributed by atoms with Gasteiger partial charge in [-0.2, -0.15) is 0 Å². The zero-order chi connectivity index (χ0) is 21.5. The first-order valence-electron chi connectivity index (χ1n) is 10.1. The molecule has 0 aliphatic carbocycles. The SMILES string of the molecule is C=CC1OCC2(CO1)COC(C=C)OC2.CC=C1OCC2(CO1)COC(=CC)OC2. The van der Waals surface area contributed by atoms with Crippen molar-refractivity contribution >= 4 is 0 Å². The van der Waals surface area contributed by atoms with Crippen LogP contribution >= 0.6 is 0 Å². The maximum absolute atomic E-state index is 5.46. The van der Waals surface area contributed by atoms with Crippen LogP contribution in [0.1, 0.15) is 13.8 Å². The van der Waals surface area contributed by atoms with Crippen LogP contribution in [0.3, 0.4) is 0 Å². The summed E-state index contributed by atoms with van der Waals surface area (Å²) in [5.74, 6) is 1.19. The van der Waals surface area contributed by atoms with E-state index in [2.05, 4.69) is 13.2 Å². The fraction of sp³-hybridized carbons (Fsp3) is 0.636. The van der Waals surface area contributed by atoms with Gasteiger partial charge in [-0.3, -0.25) is 0 Å². The van der Waals surface area contributed by atoms with Crippen LogP contribution in [-0.2, 0) is 37.9 Å². The second-order valence-electron chi connectivity index (χ2n) is 7.82. The fourth-order valence-electron chi connectivity index (χ4n) is 3.22. The van der Waals surface area contributed by atoms with Crippen molar-refractivity contribution in [3.63, 3.8) is 0 Å². The van der Waals surface area contributed by atoms with Gasteiger partial charge in [-0.1, -0.05) is 13.2 Å². The van der Waals surface area contributed by atoms with Gasteiger partial charge in [0.1, 0.15) is 31.8 Å². The van der Waals surface area contributed by atoms with Crippen LogP contribution in [0.5, 0.6) is 0 Å². The molecule has 8 nitrogen and oxygen atoms in total. The summed E-state index contributed by atoms with van der Waals surface area (Å²) in [4.78, 5) is 0. The van der Waals surface area contributed by atoms with Gasteiger partial charge in [0.05, 0.1) is 31.8 Å². The molecule has 0 saturated carbocycles. The largest absolute Gasteiger partial charge is 0.465 e. The van der Waals surface area contributed by atoms with E-state index in [9.17, 15) is 0 Å². The third-order valence-corrected chi connectivity index (χ3v) is 5.15. The van der Waals surface area contributed by atoms with Gasteiger partial charge in [-0.25, -0.2) is 0 Å².